The van der Waals surface area contributed by atoms with Crippen LogP contribution in [0, 0.1) is 5.92 Å². The summed E-state index contributed by atoms with van der Waals surface area (Å²) in [5, 5.41) is 3.78. The van der Waals surface area contributed by atoms with Crippen molar-refractivity contribution in [2.45, 2.75) is 88.4 Å². The summed E-state index contributed by atoms with van der Waals surface area (Å²) in [5.41, 5.74) is 0.407. The van der Waals surface area contributed by atoms with E-state index < -0.39 is 0 Å². The molecule has 1 spiro atoms. The van der Waals surface area contributed by atoms with Crippen LogP contribution >= 0.6 is 0 Å². The molecule has 0 bridgehead atoms. The molecule has 3 heteroatoms. The zero-order valence-corrected chi connectivity index (χ0v) is 14.0. The SMILES string of the molecule is CCNC(CC1(OC)CCC1)C1CCOC2(CCCC2)C1. The number of hydrogen-bond acceptors (Lipinski definition) is 3. The maximum Gasteiger partial charge on any atom is 0.0693 e. The maximum atomic E-state index is 6.22. The van der Waals surface area contributed by atoms with E-state index in [9.17, 15) is 0 Å². The van der Waals surface area contributed by atoms with Crippen LogP contribution in [0.2, 0.25) is 0 Å². The molecule has 0 radical (unpaired) electrons. The van der Waals surface area contributed by atoms with Gasteiger partial charge in [-0.2, -0.15) is 0 Å². The Bertz CT molecular complexity index is 329. The molecule has 2 saturated carbocycles. The first kappa shape index (κ1) is 15.8. The van der Waals surface area contributed by atoms with E-state index >= 15 is 0 Å². The van der Waals surface area contributed by atoms with E-state index in [1.54, 1.807) is 0 Å². The van der Waals surface area contributed by atoms with Crippen LogP contribution in [0.4, 0.5) is 0 Å². The Balaban J connectivity index is 1.65. The molecule has 2 unspecified atom stereocenters. The third-order valence-electron chi connectivity index (χ3n) is 6.37. The van der Waals surface area contributed by atoms with Crippen LogP contribution in [0.25, 0.3) is 0 Å². The maximum absolute atomic E-state index is 6.22. The summed E-state index contributed by atoms with van der Waals surface area (Å²) in [7, 11) is 1.91. The van der Waals surface area contributed by atoms with Crippen molar-refractivity contribution in [2.75, 3.05) is 20.3 Å². The van der Waals surface area contributed by atoms with Crippen LogP contribution in [0.1, 0.15) is 71.1 Å². The van der Waals surface area contributed by atoms with Gasteiger partial charge in [0, 0.05) is 19.8 Å². The van der Waals surface area contributed by atoms with Gasteiger partial charge in [0.15, 0.2) is 0 Å². The van der Waals surface area contributed by atoms with Gasteiger partial charge in [-0.05, 0) is 63.8 Å². The number of ether oxygens (including phenoxy) is 2. The average Bonchev–Trinajstić information content (AvgIpc) is 2.89. The van der Waals surface area contributed by atoms with Crippen molar-refractivity contribution in [1.82, 2.24) is 5.32 Å². The highest BCUT2D eigenvalue weighted by Crippen LogP contribution is 2.45. The lowest BCUT2D eigenvalue weighted by atomic mass is 9.71. The fourth-order valence-electron chi connectivity index (χ4n) is 4.91. The number of rotatable bonds is 6. The molecule has 1 N–H and O–H groups in total. The van der Waals surface area contributed by atoms with Gasteiger partial charge in [0.05, 0.1) is 11.2 Å². The summed E-state index contributed by atoms with van der Waals surface area (Å²) in [6, 6.07) is 0.608. The van der Waals surface area contributed by atoms with E-state index in [1.165, 1.54) is 64.2 Å². The van der Waals surface area contributed by atoms with E-state index in [1.807, 2.05) is 7.11 Å². The van der Waals surface area contributed by atoms with Crippen LogP contribution < -0.4 is 5.32 Å². The van der Waals surface area contributed by atoms with Gasteiger partial charge >= 0.3 is 0 Å². The van der Waals surface area contributed by atoms with E-state index in [0.717, 1.165) is 19.1 Å². The molecule has 3 nitrogen and oxygen atoms in total. The molecule has 0 amide bonds. The normalized spacial score (nSPS) is 32.0. The fourth-order valence-corrected chi connectivity index (χ4v) is 4.91. The Labute approximate surface area is 130 Å². The van der Waals surface area contributed by atoms with E-state index in [-0.39, 0.29) is 11.2 Å². The molecule has 1 aliphatic heterocycles. The third-order valence-corrected chi connectivity index (χ3v) is 6.37. The van der Waals surface area contributed by atoms with Crippen molar-refractivity contribution in [2.24, 2.45) is 5.92 Å². The fraction of sp³-hybridized carbons (Fsp3) is 1.00. The van der Waals surface area contributed by atoms with Gasteiger partial charge in [0.2, 0.25) is 0 Å². The predicted octanol–water partition coefficient (Wildman–Crippen LogP) is 3.66. The zero-order valence-electron chi connectivity index (χ0n) is 14.0. The Kier molecular flexibility index (Phi) is 4.92. The van der Waals surface area contributed by atoms with E-state index in [0.29, 0.717) is 6.04 Å². The smallest absolute Gasteiger partial charge is 0.0693 e. The van der Waals surface area contributed by atoms with Crippen molar-refractivity contribution >= 4 is 0 Å². The van der Waals surface area contributed by atoms with Gasteiger partial charge in [-0.25, -0.2) is 0 Å². The molecule has 2 aliphatic carbocycles. The number of methoxy groups -OCH3 is 1. The lowest BCUT2D eigenvalue weighted by Crippen LogP contribution is -2.51. The van der Waals surface area contributed by atoms with Crippen molar-refractivity contribution in [3.63, 3.8) is 0 Å². The molecule has 0 aromatic rings. The third kappa shape index (κ3) is 3.30. The first-order chi connectivity index (χ1) is 10.2. The van der Waals surface area contributed by atoms with Crippen LogP contribution in [-0.4, -0.2) is 37.5 Å². The molecule has 2 atom stereocenters. The van der Waals surface area contributed by atoms with Crippen LogP contribution in [-0.2, 0) is 9.47 Å². The molecule has 0 aromatic carbocycles. The van der Waals surface area contributed by atoms with Gasteiger partial charge in [0.1, 0.15) is 0 Å². The molecule has 122 valence electrons. The molecule has 3 aliphatic rings. The minimum Gasteiger partial charge on any atom is -0.378 e. The highest BCUT2D eigenvalue weighted by Gasteiger charge is 2.45. The quantitative estimate of drug-likeness (QED) is 0.811. The molecule has 1 heterocycles. The van der Waals surface area contributed by atoms with Gasteiger partial charge in [-0.15, -0.1) is 0 Å². The largest absolute Gasteiger partial charge is 0.378 e. The second-order valence-electron chi connectivity index (χ2n) is 7.60. The molecule has 3 fully saturated rings. The Hall–Kier alpha value is -0.120. The topological polar surface area (TPSA) is 30.5 Å². The van der Waals surface area contributed by atoms with Gasteiger partial charge < -0.3 is 14.8 Å². The summed E-state index contributed by atoms with van der Waals surface area (Å²) < 4.78 is 12.1. The minimum absolute atomic E-state index is 0.175. The van der Waals surface area contributed by atoms with Crippen molar-refractivity contribution in [1.29, 1.82) is 0 Å². The first-order valence-corrected chi connectivity index (χ1v) is 9.13. The molecule has 3 rings (SSSR count). The molecule has 0 aromatic heterocycles. The summed E-state index contributed by atoms with van der Waals surface area (Å²) in [4.78, 5) is 0. The Morgan fingerprint density at radius 1 is 1.19 bits per heavy atom. The van der Waals surface area contributed by atoms with Gasteiger partial charge in [-0.3, -0.25) is 0 Å². The lowest BCUT2D eigenvalue weighted by Gasteiger charge is -2.47. The van der Waals surface area contributed by atoms with E-state index in [2.05, 4.69) is 12.2 Å². The second-order valence-corrected chi connectivity index (χ2v) is 7.60. The molecular formula is C18H33NO2. The van der Waals surface area contributed by atoms with Gasteiger partial charge in [0.25, 0.3) is 0 Å². The second kappa shape index (κ2) is 6.55. The van der Waals surface area contributed by atoms with Crippen LogP contribution in [0.5, 0.6) is 0 Å². The zero-order chi connectivity index (χ0) is 14.8. The highest BCUT2D eigenvalue weighted by molar-refractivity contribution is 4.99. The monoisotopic (exact) mass is 295 g/mol. The average molecular weight is 295 g/mol. The van der Waals surface area contributed by atoms with E-state index in [4.69, 9.17) is 9.47 Å². The summed E-state index contributed by atoms with van der Waals surface area (Å²) >= 11 is 0. The Morgan fingerprint density at radius 2 is 1.95 bits per heavy atom. The minimum atomic E-state index is 0.175. The summed E-state index contributed by atoms with van der Waals surface area (Å²) in [6.45, 7) is 4.26. The predicted molar refractivity (Wildman–Crippen MR) is 85.5 cm³/mol. The van der Waals surface area contributed by atoms with Crippen LogP contribution in [0.15, 0.2) is 0 Å². The highest BCUT2D eigenvalue weighted by atomic mass is 16.5. The first-order valence-electron chi connectivity index (χ1n) is 9.13. The molecular weight excluding hydrogens is 262 g/mol. The number of nitrogens with one attached hydrogen (secondary N) is 1. The Morgan fingerprint density at radius 3 is 2.52 bits per heavy atom. The molecule has 1 saturated heterocycles. The van der Waals surface area contributed by atoms with Gasteiger partial charge in [-0.1, -0.05) is 19.8 Å². The molecule has 21 heavy (non-hydrogen) atoms. The number of hydrogen-bond donors (Lipinski definition) is 1. The van der Waals surface area contributed by atoms with Crippen molar-refractivity contribution < 1.29 is 9.47 Å². The van der Waals surface area contributed by atoms with Crippen LogP contribution in [0.3, 0.4) is 0 Å². The standard InChI is InChI=1S/C18H33NO2/c1-3-19-16(14-17(20-2)10-6-11-17)15-7-12-21-18(13-15)8-4-5-9-18/h15-16,19H,3-14H2,1-2H3. The summed E-state index contributed by atoms with van der Waals surface area (Å²) in [6.07, 6.45) is 12.8. The van der Waals surface area contributed by atoms with Crippen molar-refractivity contribution in [3.05, 3.63) is 0 Å². The van der Waals surface area contributed by atoms with Crippen molar-refractivity contribution in [3.8, 4) is 0 Å². The lowest BCUT2D eigenvalue weighted by molar-refractivity contribution is -0.116. The summed E-state index contributed by atoms with van der Waals surface area (Å²) in [5.74, 6) is 0.768.